The third-order valence-corrected chi connectivity index (χ3v) is 7.25. The number of nitrogens with zero attached hydrogens (tertiary/aromatic N) is 1. The molecule has 2 heterocycles. The lowest BCUT2D eigenvalue weighted by Gasteiger charge is -2.30. The van der Waals surface area contributed by atoms with E-state index in [1.165, 1.54) is 0 Å². The normalized spacial score (nSPS) is 16.7. The van der Waals surface area contributed by atoms with Crippen LogP contribution in [0.4, 0.5) is 5.69 Å². The van der Waals surface area contributed by atoms with Crippen molar-refractivity contribution in [3.63, 3.8) is 0 Å². The van der Waals surface area contributed by atoms with Crippen LogP contribution < -0.4 is 5.32 Å². The molecule has 1 saturated heterocycles. The van der Waals surface area contributed by atoms with E-state index in [4.69, 9.17) is 0 Å². The van der Waals surface area contributed by atoms with Crippen LogP contribution in [0.15, 0.2) is 62.9 Å². The van der Waals surface area contributed by atoms with Crippen molar-refractivity contribution in [1.82, 2.24) is 9.88 Å². The third kappa shape index (κ3) is 3.90. The fourth-order valence-corrected chi connectivity index (χ4v) is 5.19. The second-order valence-electron chi connectivity index (χ2n) is 7.12. The van der Waals surface area contributed by atoms with E-state index in [-0.39, 0.29) is 5.03 Å². The van der Waals surface area contributed by atoms with Crippen molar-refractivity contribution in [3.8, 4) is 0 Å². The standard InChI is InChI=1S/C20H22BrN3O2S/c1-24-9-7-16(8-10-24)22-17-3-2-4-18(13-17)27(25,26)20-12-14-11-15(21)5-6-19(14)23-20/h2-6,11-13,16,22-23H,7-10H2,1H3. The highest BCUT2D eigenvalue weighted by Crippen LogP contribution is 2.28. The molecule has 2 N–H and O–H groups in total. The molecule has 0 aliphatic carbocycles. The molecule has 4 rings (SSSR count). The first-order valence-electron chi connectivity index (χ1n) is 9.00. The number of hydrogen-bond donors (Lipinski definition) is 2. The van der Waals surface area contributed by atoms with Gasteiger partial charge in [-0.25, -0.2) is 8.42 Å². The second-order valence-corrected chi connectivity index (χ2v) is 9.95. The molecule has 0 unspecified atom stereocenters. The number of aromatic nitrogens is 1. The molecule has 0 bridgehead atoms. The zero-order valence-corrected chi connectivity index (χ0v) is 17.5. The number of fused-ring (bicyclic) bond motifs is 1. The number of likely N-dealkylation sites (tertiary alicyclic amines) is 1. The van der Waals surface area contributed by atoms with E-state index in [1.807, 2.05) is 24.3 Å². The molecule has 3 aromatic rings. The molecule has 0 spiro atoms. The van der Waals surface area contributed by atoms with Gasteiger partial charge >= 0.3 is 0 Å². The van der Waals surface area contributed by atoms with Gasteiger partial charge in [0.15, 0.2) is 0 Å². The first-order chi connectivity index (χ1) is 12.9. The predicted molar refractivity (Wildman–Crippen MR) is 112 cm³/mol. The molecule has 7 heteroatoms. The Kier molecular flexibility index (Phi) is 5.01. The summed E-state index contributed by atoms with van der Waals surface area (Å²) in [5.74, 6) is 0. The van der Waals surface area contributed by atoms with E-state index in [1.54, 1.807) is 24.3 Å². The number of anilines is 1. The summed E-state index contributed by atoms with van der Waals surface area (Å²) in [7, 11) is -1.48. The highest BCUT2D eigenvalue weighted by molar-refractivity contribution is 9.10. The van der Waals surface area contributed by atoms with Crippen LogP contribution in [0, 0.1) is 0 Å². The molecule has 142 valence electrons. The Hall–Kier alpha value is -1.83. The number of rotatable bonds is 4. The molecule has 5 nitrogen and oxygen atoms in total. The SMILES string of the molecule is CN1CCC(Nc2cccc(S(=O)(=O)c3cc4cc(Br)ccc4[nH]3)c2)CC1. The zero-order valence-electron chi connectivity index (χ0n) is 15.1. The van der Waals surface area contributed by atoms with Crippen LogP contribution in [0.3, 0.4) is 0 Å². The topological polar surface area (TPSA) is 65.2 Å². The van der Waals surface area contributed by atoms with E-state index >= 15 is 0 Å². The fourth-order valence-electron chi connectivity index (χ4n) is 3.49. The summed E-state index contributed by atoms with van der Waals surface area (Å²) in [5.41, 5.74) is 1.65. The van der Waals surface area contributed by atoms with Gasteiger partial charge in [-0.2, -0.15) is 0 Å². The summed E-state index contributed by atoms with van der Waals surface area (Å²) in [6.45, 7) is 2.11. The zero-order chi connectivity index (χ0) is 19.0. The van der Waals surface area contributed by atoms with Crippen molar-refractivity contribution in [1.29, 1.82) is 0 Å². The minimum Gasteiger partial charge on any atom is -0.382 e. The van der Waals surface area contributed by atoms with Gasteiger partial charge < -0.3 is 15.2 Å². The minimum absolute atomic E-state index is 0.215. The summed E-state index contributed by atoms with van der Waals surface area (Å²) >= 11 is 3.42. The average Bonchev–Trinajstić information content (AvgIpc) is 3.08. The molecular weight excluding hydrogens is 426 g/mol. The number of hydrogen-bond acceptors (Lipinski definition) is 4. The van der Waals surface area contributed by atoms with Gasteiger partial charge in [0.2, 0.25) is 9.84 Å². The van der Waals surface area contributed by atoms with Crippen molar-refractivity contribution >= 4 is 42.4 Å². The van der Waals surface area contributed by atoms with Gasteiger partial charge in [0.1, 0.15) is 5.03 Å². The van der Waals surface area contributed by atoms with Crippen molar-refractivity contribution in [2.45, 2.75) is 28.8 Å². The number of H-pyrrole nitrogens is 1. The van der Waals surface area contributed by atoms with E-state index in [2.05, 4.69) is 38.2 Å². The van der Waals surface area contributed by atoms with Gasteiger partial charge in [0.05, 0.1) is 4.90 Å². The molecule has 1 fully saturated rings. The van der Waals surface area contributed by atoms with Crippen LogP contribution in [-0.2, 0) is 9.84 Å². The Balaban J connectivity index is 1.61. The monoisotopic (exact) mass is 447 g/mol. The number of benzene rings is 2. The summed E-state index contributed by atoms with van der Waals surface area (Å²) in [4.78, 5) is 5.64. The second kappa shape index (κ2) is 7.30. The van der Waals surface area contributed by atoms with Crippen LogP contribution in [0.1, 0.15) is 12.8 Å². The minimum atomic E-state index is -3.60. The van der Waals surface area contributed by atoms with Gasteiger partial charge in [-0.15, -0.1) is 0 Å². The van der Waals surface area contributed by atoms with Crippen molar-refractivity contribution in [2.75, 3.05) is 25.5 Å². The average molecular weight is 448 g/mol. The van der Waals surface area contributed by atoms with E-state index in [0.717, 1.165) is 47.0 Å². The van der Waals surface area contributed by atoms with Crippen LogP contribution in [0.25, 0.3) is 10.9 Å². The summed E-state index contributed by atoms with van der Waals surface area (Å²) in [6, 6.07) is 14.8. The number of halogens is 1. The van der Waals surface area contributed by atoms with Crippen LogP contribution in [-0.4, -0.2) is 44.5 Å². The number of piperidine rings is 1. The molecule has 1 aliphatic heterocycles. The number of aromatic amines is 1. The lowest BCUT2D eigenvalue weighted by molar-refractivity contribution is 0.264. The number of sulfone groups is 1. The highest BCUT2D eigenvalue weighted by atomic mass is 79.9. The largest absolute Gasteiger partial charge is 0.382 e. The van der Waals surface area contributed by atoms with Gasteiger partial charge in [-0.3, -0.25) is 0 Å². The molecule has 2 aromatic carbocycles. The highest BCUT2D eigenvalue weighted by Gasteiger charge is 2.22. The third-order valence-electron chi connectivity index (χ3n) is 5.08. The maximum absolute atomic E-state index is 13.1. The van der Waals surface area contributed by atoms with Gasteiger partial charge in [0, 0.05) is 27.1 Å². The summed E-state index contributed by atoms with van der Waals surface area (Å²) in [5, 5.41) is 4.57. The molecule has 0 atom stereocenters. The first kappa shape index (κ1) is 18.5. The van der Waals surface area contributed by atoms with Crippen LogP contribution in [0.2, 0.25) is 0 Å². The van der Waals surface area contributed by atoms with Crippen molar-refractivity contribution in [3.05, 3.63) is 53.0 Å². The Morgan fingerprint density at radius 3 is 2.67 bits per heavy atom. The Bertz CT molecular complexity index is 1070. The van der Waals surface area contributed by atoms with Gasteiger partial charge in [-0.05, 0) is 75.4 Å². The van der Waals surface area contributed by atoms with Crippen molar-refractivity contribution in [2.24, 2.45) is 0 Å². The Morgan fingerprint density at radius 1 is 1.11 bits per heavy atom. The lowest BCUT2D eigenvalue weighted by Crippen LogP contribution is -2.36. The maximum Gasteiger partial charge on any atom is 0.221 e. The Labute approximate surface area is 167 Å². The maximum atomic E-state index is 13.1. The first-order valence-corrected chi connectivity index (χ1v) is 11.3. The molecule has 1 aliphatic rings. The molecule has 27 heavy (non-hydrogen) atoms. The molecular formula is C20H22BrN3O2S. The molecule has 1 aromatic heterocycles. The smallest absolute Gasteiger partial charge is 0.221 e. The molecule has 0 saturated carbocycles. The van der Waals surface area contributed by atoms with E-state index in [0.29, 0.717) is 10.9 Å². The van der Waals surface area contributed by atoms with Crippen LogP contribution in [0.5, 0.6) is 0 Å². The molecule has 0 amide bonds. The number of nitrogens with one attached hydrogen (secondary N) is 2. The fraction of sp³-hybridized carbons (Fsp3) is 0.300. The van der Waals surface area contributed by atoms with Gasteiger partial charge in [0.25, 0.3) is 0 Å². The van der Waals surface area contributed by atoms with E-state index < -0.39 is 9.84 Å². The van der Waals surface area contributed by atoms with E-state index in [9.17, 15) is 8.42 Å². The quantitative estimate of drug-likeness (QED) is 0.626. The summed E-state index contributed by atoms with van der Waals surface area (Å²) < 4.78 is 27.1. The molecule has 0 radical (unpaired) electrons. The van der Waals surface area contributed by atoms with Gasteiger partial charge in [-0.1, -0.05) is 22.0 Å². The summed E-state index contributed by atoms with van der Waals surface area (Å²) in [6.07, 6.45) is 2.12. The lowest BCUT2D eigenvalue weighted by atomic mass is 10.1. The Morgan fingerprint density at radius 2 is 1.89 bits per heavy atom. The van der Waals surface area contributed by atoms with Crippen LogP contribution >= 0.6 is 15.9 Å². The van der Waals surface area contributed by atoms with Crippen molar-refractivity contribution < 1.29 is 8.42 Å². The predicted octanol–water partition coefficient (Wildman–Crippen LogP) is 4.27.